The number of para-hydroxylation sites is 1. The molecule has 0 spiro atoms. The van der Waals surface area contributed by atoms with E-state index in [-0.39, 0.29) is 18.5 Å². The highest BCUT2D eigenvalue weighted by atomic mass is 16.1. The number of carbonyl (C=O) groups excluding carboxylic acids is 1. The first-order chi connectivity index (χ1) is 11.4. The molecule has 0 aliphatic carbocycles. The first-order valence-electron chi connectivity index (χ1n) is 8.50. The summed E-state index contributed by atoms with van der Waals surface area (Å²) in [4.78, 5) is 12.3. The zero-order chi connectivity index (χ0) is 17.7. The Labute approximate surface area is 144 Å². The van der Waals surface area contributed by atoms with Crippen molar-refractivity contribution in [3.63, 3.8) is 0 Å². The second-order valence-corrected chi connectivity index (χ2v) is 6.77. The summed E-state index contributed by atoms with van der Waals surface area (Å²) < 4.78 is 0. The molecule has 1 amide bonds. The van der Waals surface area contributed by atoms with Crippen LogP contribution in [0.3, 0.4) is 0 Å². The average Bonchev–Trinajstić information content (AvgIpc) is 2.92. The molecule has 0 saturated carbocycles. The normalized spacial score (nSPS) is 12.4. The van der Waals surface area contributed by atoms with Crippen molar-refractivity contribution >= 4 is 11.6 Å². The van der Waals surface area contributed by atoms with Gasteiger partial charge in [-0.2, -0.15) is 5.10 Å². The minimum atomic E-state index is -0.0174. The van der Waals surface area contributed by atoms with Crippen molar-refractivity contribution in [1.29, 1.82) is 0 Å². The molecule has 0 aliphatic rings. The zero-order valence-electron chi connectivity index (χ0n) is 15.2. The Morgan fingerprint density at radius 3 is 2.62 bits per heavy atom. The zero-order valence-corrected chi connectivity index (χ0v) is 15.2. The third-order valence-electron chi connectivity index (χ3n) is 4.08. The monoisotopic (exact) mass is 328 g/mol. The summed E-state index contributed by atoms with van der Waals surface area (Å²) in [6, 6.07) is 8.34. The maximum atomic E-state index is 12.3. The minimum Gasteiger partial charge on any atom is -0.324 e. The number of nitrogens with one attached hydrogen (secondary N) is 3. The molecule has 0 fully saturated rings. The van der Waals surface area contributed by atoms with Crippen molar-refractivity contribution < 1.29 is 4.79 Å². The fraction of sp³-hybridized carbons (Fsp3) is 0.474. The maximum absolute atomic E-state index is 12.3. The summed E-state index contributed by atoms with van der Waals surface area (Å²) in [5.41, 5.74) is 5.26. The maximum Gasteiger partial charge on any atom is 0.238 e. The molecule has 2 aromatic rings. The molecule has 1 aromatic carbocycles. The minimum absolute atomic E-state index is 0.0174. The summed E-state index contributed by atoms with van der Waals surface area (Å²) in [7, 11) is 0. The van der Waals surface area contributed by atoms with E-state index in [4.69, 9.17) is 0 Å². The van der Waals surface area contributed by atoms with Gasteiger partial charge in [0.25, 0.3) is 0 Å². The molecule has 1 atom stereocenters. The molecule has 5 nitrogen and oxygen atoms in total. The van der Waals surface area contributed by atoms with Gasteiger partial charge in [0.05, 0.1) is 12.2 Å². The highest BCUT2D eigenvalue weighted by Gasteiger charge is 2.13. The van der Waals surface area contributed by atoms with Crippen LogP contribution in [0.5, 0.6) is 0 Å². The quantitative estimate of drug-likeness (QED) is 0.730. The van der Waals surface area contributed by atoms with E-state index >= 15 is 0 Å². The van der Waals surface area contributed by atoms with E-state index in [1.807, 2.05) is 32.0 Å². The summed E-state index contributed by atoms with van der Waals surface area (Å²) in [6.07, 6.45) is 0.791. The molecule has 1 aromatic heterocycles. The lowest BCUT2D eigenvalue weighted by atomic mass is 9.98. The molecule has 24 heavy (non-hydrogen) atoms. The molecule has 0 bridgehead atoms. The summed E-state index contributed by atoms with van der Waals surface area (Å²) in [5.74, 6) is 0.353. The van der Waals surface area contributed by atoms with Gasteiger partial charge in [-0.3, -0.25) is 9.89 Å². The second kappa shape index (κ2) is 8.11. The number of rotatable bonds is 7. The van der Waals surface area contributed by atoms with Gasteiger partial charge in [-0.1, -0.05) is 32.0 Å². The van der Waals surface area contributed by atoms with Crippen LogP contribution in [0.2, 0.25) is 0 Å². The van der Waals surface area contributed by atoms with Gasteiger partial charge in [0.1, 0.15) is 0 Å². The van der Waals surface area contributed by atoms with Crippen molar-refractivity contribution in [3.8, 4) is 0 Å². The number of H-pyrrole nitrogens is 1. The van der Waals surface area contributed by atoms with E-state index in [2.05, 4.69) is 47.7 Å². The molecule has 0 unspecified atom stereocenters. The van der Waals surface area contributed by atoms with E-state index in [1.165, 1.54) is 5.56 Å². The Morgan fingerprint density at radius 1 is 1.25 bits per heavy atom. The highest BCUT2D eigenvalue weighted by Crippen LogP contribution is 2.27. The van der Waals surface area contributed by atoms with Crippen molar-refractivity contribution in [3.05, 3.63) is 46.8 Å². The molecule has 1 heterocycles. The van der Waals surface area contributed by atoms with Crippen molar-refractivity contribution in [2.75, 3.05) is 11.9 Å². The molecule has 0 aliphatic heterocycles. The van der Waals surface area contributed by atoms with Gasteiger partial charge in [0.15, 0.2) is 0 Å². The summed E-state index contributed by atoms with van der Waals surface area (Å²) >= 11 is 0. The van der Waals surface area contributed by atoms with Crippen molar-refractivity contribution in [2.24, 2.45) is 0 Å². The first-order valence-corrected chi connectivity index (χ1v) is 8.50. The molecule has 5 heteroatoms. The number of carbonyl (C=O) groups is 1. The molecule has 130 valence electrons. The van der Waals surface area contributed by atoms with E-state index in [0.29, 0.717) is 5.92 Å². The number of benzene rings is 1. The van der Waals surface area contributed by atoms with Gasteiger partial charge in [0.2, 0.25) is 5.91 Å². The van der Waals surface area contributed by atoms with Crippen LogP contribution in [0, 0.1) is 13.8 Å². The number of hydrogen-bond donors (Lipinski definition) is 3. The van der Waals surface area contributed by atoms with E-state index in [9.17, 15) is 4.79 Å². The molecule has 0 saturated heterocycles. The number of aromatic amines is 1. The Kier molecular flexibility index (Phi) is 6.15. The highest BCUT2D eigenvalue weighted by molar-refractivity contribution is 5.93. The number of hydrogen-bond acceptors (Lipinski definition) is 3. The number of amides is 1. The summed E-state index contributed by atoms with van der Waals surface area (Å²) in [6.45, 7) is 10.6. The molecule has 3 N–H and O–H groups in total. The van der Waals surface area contributed by atoms with E-state index in [1.54, 1.807) is 0 Å². The SMILES string of the molecule is Cc1cc(C[C@@H](C)NCC(=O)Nc2c(C)cccc2C(C)C)n[nH]1. The molecule has 0 radical (unpaired) electrons. The molecule has 2 rings (SSSR count). The topological polar surface area (TPSA) is 69.8 Å². The van der Waals surface area contributed by atoms with Crippen LogP contribution in [-0.4, -0.2) is 28.7 Å². The van der Waals surface area contributed by atoms with Crippen molar-refractivity contribution in [2.45, 2.75) is 53.0 Å². The standard InChI is InChI=1S/C19H28N4O/c1-12(2)17-8-6-7-13(3)19(17)21-18(24)11-20-14(4)9-16-10-15(5)22-23-16/h6-8,10,12,14,20H,9,11H2,1-5H3,(H,21,24)(H,22,23)/t14-/m1/s1. The first kappa shape index (κ1) is 18.2. The van der Waals surface area contributed by atoms with Crippen LogP contribution >= 0.6 is 0 Å². The lowest BCUT2D eigenvalue weighted by Gasteiger charge is -2.17. The largest absolute Gasteiger partial charge is 0.324 e. The van der Waals surface area contributed by atoms with Gasteiger partial charge < -0.3 is 10.6 Å². The summed E-state index contributed by atoms with van der Waals surface area (Å²) in [5, 5.41) is 13.5. The Morgan fingerprint density at radius 2 is 2.00 bits per heavy atom. The Bertz CT molecular complexity index is 690. The predicted octanol–water partition coefficient (Wildman–Crippen LogP) is 3.31. The Hall–Kier alpha value is -2.14. The predicted molar refractivity (Wildman–Crippen MR) is 98.4 cm³/mol. The van der Waals surface area contributed by atoms with Gasteiger partial charge in [-0.15, -0.1) is 0 Å². The lowest BCUT2D eigenvalue weighted by molar-refractivity contribution is -0.115. The number of nitrogens with zero attached hydrogens (tertiary/aromatic N) is 1. The third-order valence-corrected chi connectivity index (χ3v) is 4.08. The van der Waals surface area contributed by atoms with Gasteiger partial charge >= 0.3 is 0 Å². The second-order valence-electron chi connectivity index (χ2n) is 6.77. The number of anilines is 1. The van der Waals surface area contributed by atoms with E-state index in [0.717, 1.165) is 29.1 Å². The van der Waals surface area contributed by atoms with Crippen LogP contribution in [-0.2, 0) is 11.2 Å². The molecular formula is C19H28N4O. The number of aromatic nitrogens is 2. The van der Waals surface area contributed by atoms with Crippen molar-refractivity contribution in [1.82, 2.24) is 15.5 Å². The van der Waals surface area contributed by atoms with Gasteiger partial charge in [-0.25, -0.2) is 0 Å². The van der Waals surface area contributed by atoms with E-state index < -0.39 is 0 Å². The fourth-order valence-electron chi connectivity index (χ4n) is 2.76. The lowest BCUT2D eigenvalue weighted by Crippen LogP contribution is -2.36. The van der Waals surface area contributed by atoms with Gasteiger partial charge in [0, 0.05) is 23.8 Å². The van der Waals surface area contributed by atoms with Crippen LogP contribution in [0.15, 0.2) is 24.3 Å². The third kappa shape index (κ3) is 4.93. The van der Waals surface area contributed by atoms with Gasteiger partial charge in [-0.05, 0) is 43.9 Å². The van der Waals surface area contributed by atoms with Crippen LogP contribution < -0.4 is 10.6 Å². The smallest absolute Gasteiger partial charge is 0.238 e. The van der Waals surface area contributed by atoms with Crippen LogP contribution in [0.4, 0.5) is 5.69 Å². The molecular weight excluding hydrogens is 300 g/mol. The van der Waals surface area contributed by atoms with Crippen LogP contribution in [0.1, 0.15) is 49.2 Å². The van der Waals surface area contributed by atoms with Crippen LogP contribution in [0.25, 0.3) is 0 Å². The average molecular weight is 328 g/mol. The number of aryl methyl sites for hydroxylation is 2. The fourth-order valence-corrected chi connectivity index (χ4v) is 2.76. The Balaban J connectivity index is 1.89.